The molecule has 0 radical (unpaired) electrons. The summed E-state index contributed by atoms with van der Waals surface area (Å²) in [6.45, 7) is 4.12. The fraction of sp³-hybridized carbons (Fsp3) is 0.462. The van der Waals surface area contributed by atoms with Gasteiger partial charge >= 0.3 is 0 Å². The molecule has 3 nitrogen and oxygen atoms in total. The van der Waals surface area contributed by atoms with Crippen molar-refractivity contribution in [3.05, 3.63) is 24.0 Å². The second-order valence-corrected chi connectivity index (χ2v) is 4.59. The second kappa shape index (κ2) is 4.35. The minimum atomic E-state index is -0.453. The van der Waals surface area contributed by atoms with E-state index in [1.54, 1.807) is 13.0 Å². The van der Waals surface area contributed by atoms with Gasteiger partial charge in [-0.1, -0.05) is 6.92 Å². The zero-order valence-corrected chi connectivity index (χ0v) is 10.0. The standard InChI is InChI=1S/C13H16FNO2/c1-3-17-11-5-4-9(8-10(11)14)15-12(16)13(2)6-7-13/h4-5,8H,3,6-7H2,1-2H3,(H,15,16). The molecule has 17 heavy (non-hydrogen) atoms. The van der Waals surface area contributed by atoms with Crippen molar-refractivity contribution in [1.82, 2.24) is 0 Å². The molecule has 1 aromatic carbocycles. The molecule has 92 valence electrons. The molecule has 0 aromatic heterocycles. The predicted octanol–water partition coefficient (Wildman–Crippen LogP) is 2.96. The van der Waals surface area contributed by atoms with Gasteiger partial charge in [-0.05, 0) is 31.9 Å². The van der Waals surface area contributed by atoms with Gasteiger partial charge in [-0.15, -0.1) is 0 Å². The number of halogens is 1. The number of amides is 1. The molecule has 1 aliphatic carbocycles. The molecule has 4 heteroatoms. The highest BCUT2D eigenvalue weighted by Crippen LogP contribution is 2.45. The minimum absolute atomic E-state index is 0.0407. The third-order valence-electron chi connectivity index (χ3n) is 3.04. The molecule has 1 fully saturated rings. The first-order chi connectivity index (χ1) is 8.05. The van der Waals surface area contributed by atoms with E-state index >= 15 is 0 Å². The maximum atomic E-state index is 13.5. The number of rotatable bonds is 4. The van der Waals surface area contributed by atoms with E-state index in [-0.39, 0.29) is 17.1 Å². The van der Waals surface area contributed by atoms with Crippen molar-refractivity contribution in [1.29, 1.82) is 0 Å². The average Bonchev–Trinajstić information content (AvgIpc) is 3.02. The second-order valence-electron chi connectivity index (χ2n) is 4.59. The average molecular weight is 237 g/mol. The van der Waals surface area contributed by atoms with Gasteiger partial charge in [0, 0.05) is 17.2 Å². The minimum Gasteiger partial charge on any atom is -0.491 e. The molecule has 0 spiro atoms. The SMILES string of the molecule is CCOc1ccc(NC(=O)C2(C)CC2)cc1F. The molecule has 1 amide bonds. The van der Waals surface area contributed by atoms with Crippen LogP contribution in [0.1, 0.15) is 26.7 Å². The lowest BCUT2D eigenvalue weighted by Crippen LogP contribution is -2.21. The largest absolute Gasteiger partial charge is 0.491 e. The Bertz CT molecular complexity index is 441. The summed E-state index contributed by atoms with van der Waals surface area (Å²) >= 11 is 0. The Kier molecular flexibility index (Phi) is 3.05. The van der Waals surface area contributed by atoms with Crippen molar-refractivity contribution in [2.24, 2.45) is 5.41 Å². The fourth-order valence-corrected chi connectivity index (χ4v) is 1.55. The highest BCUT2D eigenvalue weighted by molar-refractivity contribution is 5.96. The topological polar surface area (TPSA) is 38.3 Å². The van der Waals surface area contributed by atoms with E-state index in [9.17, 15) is 9.18 Å². The van der Waals surface area contributed by atoms with Gasteiger partial charge in [0.2, 0.25) is 5.91 Å². The molecule has 0 unspecified atom stereocenters. The van der Waals surface area contributed by atoms with Gasteiger partial charge < -0.3 is 10.1 Å². The van der Waals surface area contributed by atoms with Crippen LogP contribution in [0.2, 0.25) is 0 Å². The van der Waals surface area contributed by atoms with E-state index in [4.69, 9.17) is 4.74 Å². The van der Waals surface area contributed by atoms with Crippen LogP contribution in [0.4, 0.5) is 10.1 Å². The summed E-state index contributed by atoms with van der Waals surface area (Å²) < 4.78 is 18.6. The molecule has 1 aromatic rings. The van der Waals surface area contributed by atoms with E-state index in [1.165, 1.54) is 12.1 Å². The Balaban J connectivity index is 2.07. The molecule has 1 N–H and O–H groups in total. The molecule has 0 bridgehead atoms. The summed E-state index contributed by atoms with van der Waals surface area (Å²) in [4.78, 5) is 11.8. The molecule has 1 saturated carbocycles. The summed E-state index contributed by atoms with van der Waals surface area (Å²) in [5.41, 5.74) is 0.221. The van der Waals surface area contributed by atoms with Gasteiger partial charge in [0.05, 0.1) is 6.61 Å². The number of carbonyl (C=O) groups excluding carboxylic acids is 1. The Hall–Kier alpha value is -1.58. The first-order valence-corrected chi connectivity index (χ1v) is 5.79. The fourth-order valence-electron chi connectivity index (χ4n) is 1.55. The maximum absolute atomic E-state index is 13.5. The highest BCUT2D eigenvalue weighted by Gasteiger charge is 2.44. The van der Waals surface area contributed by atoms with Crippen molar-refractivity contribution in [3.8, 4) is 5.75 Å². The molecule has 0 saturated heterocycles. The van der Waals surface area contributed by atoms with Crippen LogP contribution >= 0.6 is 0 Å². The van der Waals surface area contributed by atoms with Gasteiger partial charge in [0.1, 0.15) is 0 Å². The predicted molar refractivity (Wildman–Crippen MR) is 63.5 cm³/mol. The van der Waals surface area contributed by atoms with Crippen molar-refractivity contribution >= 4 is 11.6 Å². The first kappa shape index (κ1) is 11.9. The van der Waals surface area contributed by atoms with Crippen LogP contribution in [-0.4, -0.2) is 12.5 Å². The molecular formula is C13H16FNO2. The van der Waals surface area contributed by atoms with Crippen LogP contribution in [0.5, 0.6) is 5.75 Å². The third kappa shape index (κ3) is 2.57. The number of carbonyl (C=O) groups is 1. The number of hydrogen-bond donors (Lipinski definition) is 1. The zero-order valence-electron chi connectivity index (χ0n) is 10.0. The number of nitrogens with one attached hydrogen (secondary N) is 1. The summed E-state index contributed by atoms with van der Waals surface area (Å²) in [6, 6.07) is 4.47. The number of benzene rings is 1. The molecule has 0 heterocycles. The van der Waals surface area contributed by atoms with Gasteiger partial charge in [-0.3, -0.25) is 4.79 Å². The lowest BCUT2D eigenvalue weighted by molar-refractivity contribution is -0.120. The van der Waals surface area contributed by atoms with Gasteiger partial charge in [0.25, 0.3) is 0 Å². The lowest BCUT2D eigenvalue weighted by Gasteiger charge is -2.11. The van der Waals surface area contributed by atoms with E-state index < -0.39 is 5.82 Å². The lowest BCUT2D eigenvalue weighted by atomic mass is 10.1. The van der Waals surface area contributed by atoms with E-state index in [0.717, 1.165) is 12.8 Å². The Labute approximate surface area is 100.0 Å². The quantitative estimate of drug-likeness (QED) is 0.874. The van der Waals surface area contributed by atoms with Crippen LogP contribution in [0.3, 0.4) is 0 Å². The molecule has 2 rings (SSSR count). The zero-order chi connectivity index (χ0) is 12.5. The van der Waals surface area contributed by atoms with Crippen LogP contribution in [-0.2, 0) is 4.79 Å². The maximum Gasteiger partial charge on any atom is 0.230 e. The van der Waals surface area contributed by atoms with Crippen molar-refractivity contribution in [3.63, 3.8) is 0 Å². The van der Waals surface area contributed by atoms with Crippen LogP contribution < -0.4 is 10.1 Å². The molecule has 1 aliphatic rings. The smallest absolute Gasteiger partial charge is 0.230 e. The van der Waals surface area contributed by atoms with E-state index in [1.807, 2.05) is 6.92 Å². The Morgan fingerprint density at radius 1 is 1.53 bits per heavy atom. The number of hydrogen-bond acceptors (Lipinski definition) is 2. The Morgan fingerprint density at radius 2 is 2.24 bits per heavy atom. The number of ether oxygens (including phenoxy) is 1. The summed E-state index contributed by atoms with van der Waals surface area (Å²) in [6.07, 6.45) is 1.80. The highest BCUT2D eigenvalue weighted by atomic mass is 19.1. The third-order valence-corrected chi connectivity index (χ3v) is 3.04. The van der Waals surface area contributed by atoms with E-state index in [0.29, 0.717) is 12.3 Å². The Morgan fingerprint density at radius 3 is 2.76 bits per heavy atom. The van der Waals surface area contributed by atoms with Crippen LogP contribution in [0, 0.1) is 11.2 Å². The van der Waals surface area contributed by atoms with Crippen molar-refractivity contribution in [2.75, 3.05) is 11.9 Å². The summed E-state index contributed by atoms with van der Waals surface area (Å²) in [7, 11) is 0. The molecular weight excluding hydrogens is 221 g/mol. The monoisotopic (exact) mass is 237 g/mol. The van der Waals surface area contributed by atoms with Gasteiger partial charge in [-0.2, -0.15) is 0 Å². The normalized spacial score (nSPS) is 16.4. The molecule has 0 atom stereocenters. The van der Waals surface area contributed by atoms with E-state index in [2.05, 4.69) is 5.32 Å². The summed E-state index contributed by atoms with van der Waals surface area (Å²) in [5, 5.41) is 2.72. The summed E-state index contributed by atoms with van der Waals surface area (Å²) in [5.74, 6) is -0.283. The van der Waals surface area contributed by atoms with Crippen LogP contribution in [0.15, 0.2) is 18.2 Å². The van der Waals surface area contributed by atoms with Crippen molar-refractivity contribution in [2.45, 2.75) is 26.7 Å². The van der Waals surface area contributed by atoms with Crippen molar-refractivity contribution < 1.29 is 13.9 Å². The first-order valence-electron chi connectivity index (χ1n) is 5.79. The number of anilines is 1. The van der Waals surface area contributed by atoms with Gasteiger partial charge in [0.15, 0.2) is 11.6 Å². The molecule has 0 aliphatic heterocycles. The van der Waals surface area contributed by atoms with Crippen LogP contribution in [0.25, 0.3) is 0 Å². The van der Waals surface area contributed by atoms with Gasteiger partial charge in [-0.25, -0.2) is 4.39 Å².